The van der Waals surface area contributed by atoms with Gasteiger partial charge in [-0.15, -0.1) is 0 Å². The first-order valence-corrected chi connectivity index (χ1v) is 7.07. The largest absolute Gasteiger partial charge is 0.497 e. The zero-order chi connectivity index (χ0) is 14.1. The van der Waals surface area contributed by atoms with Gasteiger partial charge in [0, 0.05) is 0 Å². The summed E-state index contributed by atoms with van der Waals surface area (Å²) < 4.78 is 5.13. The molecule has 1 atom stereocenters. The van der Waals surface area contributed by atoms with Gasteiger partial charge in [0.05, 0.1) is 12.7 Å². The molecular weight excluding hydrogens is 236 g/mol. The third-order valence-electron chi connectivity index (χ3n) is 3.54. The van der Waals surface area contributed by atoms with Crippen LogP contribution in [0.3, 0.4) is 0 Å². The summed E-state index contributed by atoms with van der Waals surface area (Å²) in [6.07, 6.45) is 9.06. The summed E-state index contributed by atoms with van der Waals surface area (Å²) in [6.45, 7) is 3.92. The molecule has 0 saturated carbocycles. The van der Waals surface area contributed by atoms with Crippen molar-refractivity contribution in [3.63, 3.8) is 0 Å². The highest BCUT2D eigenvalue weighted by Gasteiger charge is 2.15. The Morgan fingerprint density at radius 1 is 1.16 bits per heavy atom. The van der Waals surface area contributed by atoms with Gasteiger partial charge < -0.3 is 9.84 Å². The lowest BCUT2D eigenvalue weighted by atomic mass is 9.97. The third kappa shape index (κ3) is 6.44. The lowest BCUT2D eigenvalue weighted by Gasteiger charge is -2.19. The van der Waals surface area contributed by atoms with Crippen molar-refractivity contribution in [2.75, 3.05) is 7.11 Å². The van der Waals surface area contributed by atoms with Crippen molar-refractivity contribution >= 4 is 0 Å². The molecule has 0 bridgehead atoms. The van der Waals surface area contributed by atoms with E-state index in [1.54, 1.807) is 7.11 Å². The molecule has 0 aliphatic carbocycles. The number of aliphatic hydroxyl groups is 1. The van der Waals surface area contributed by atoms with Gasteiger partial charge in [0.1, 0.15) is 5.75 Å². The number of benzene rings is 1. The third-order valence-corrected chi connectivity index (χ3v) is 3.54. The molecule has 2 heteroatoms. The highest BCUT2D eigenvalue weighted by molar-refractivity contribution is 5.27. The van der Waals surface area contributed by atoms with E-state index < -0.39 is 5.60 Å². The van der Waals surface area contributed by atoms with Gasteiger partial charge in [0.15, 0.2) is 0 Å². The normalized spacial score (nSPS) is 14.5. The van der Waals surface area contributed by atoms with Crippen LogP contribution in [0.15, 0.2) is 36.4 Å². The van der Waals surface area contributed by atoms with Crippen LogP contribution in [0.25, 0.3) is 0 Å². The first-order valence-electron chi connectivity index (χ1n) is 7.07. The number of allylic oxidation sites excluding steroid dienone is 2. The molecule has 0 radical (unpaired) electrons. The summed E-state index contributed by atoms with van der Waals surface area (Å²) in [5.41, 5.74) is 0.811. The van der Waals surface area contributed by atoms with Crippen LogP contribution in [0, 0.1) is 0 Å². The van der Waals surface area contributed by atoms with Gasteiger partial charge in [0.2, 0.25) is 0 Å². The summed E-state index contributed by atoms with van der Waals surface area (Å²) in [7, 11) is 1.68. The van der Waals surface area contributed by atoms with E-state index in [4.69, 9.17) is 4.74 Å². The Morgan fingerprint density at radius 3 is 2.37 bits per heavy atom. The van der Waals surface area contributed by atoms with Crippen LogP contribution in [-0.2, 0) is 6.42 Å². The first-order chi connectivity index (χ1) is 9.07. The SMILES string of the molecule is CCC(C)(O)CC/C=C/CCc1ccc(OC)cc1. The topological polar surface area (TPSA) is 29.5 Å². The lowest BCUT2D eigenvalue weighted by Crippen LogP contribution is -2.21. The second-order valence-electron chi connectivity index (χ2n) is 5.25. The van der Waals surface area contributed by atoms with Crippen LogP contribution in [0.5, 0.6) is 5.75 Å². The summed E-state index contributed by atoms with van der Waals surface area (Å²) in [6, 6.07) is 8.21. The van der Waals surface area contributed by atoms with Crippen molar-refractivity contribution in [1.29, 1.82) is 0 Å². The fraction of sp³-hybridized carbons (Fsp3) is 0.529. The average molecular weight is 262 g/mol. The number of hydrogen-bond donors (Lipinski definition) is 1. The summed E-state index contributed by atoms with van der Waals surface area (Å²) in [5, 5.41) is 9.86. The van der Waals surface area contributed by atoms with Gasteiger partial charge >= 0.3 is 0 Å². The maximum Gasteiger partial charge on any atom is 0.118 e. The smallest absolute Gasteiger partial charge is 0.118 e. The van der Waals surface area contributed by atoms with E-state index in [-0.39, 0.29) is 0 Å². The van der Waals surface area contributed by atoms with Crippen molar-refractivity contribution in [3.8, 4) is 5.75 Å². The van der Waals surface area contributed by atoms with E-state index in [9.17, 15) is 5.11 Å². The summed E-state index contributed by atoms with van der Waals surface area (Å²) in [4.78, 5) is 0. The molecule has 1 unspecified atom stereocenters. The molecule has 106 valence electrons. The van der Waals surface area contributed by atoms with E-state index in [1.165, 1.54) is 5.56 Å². The van der Waals surface area contributed by atoms with E-state index in [1.807, 2.05) is 26.0 Å². The molecule has 0 spiro atoms. The minimum atomic E-state index is -0.514. The predicted molar refractivity (Wildman–Crippen MR) is 80.6 cm³/mol. The van der Waals surface area contributed by atoms with Crippen molar-refractivity contribution in [1.82, 2.24) is 0 Å². The number of hydrogen-bond acceptors (Lipinski definition) is 2. The number of aryl methyl sites for hydroxylation is 1. The molecular formula is C17H26O2. The van der Waals surface area contributed by atoms with Gasteiger partial charge in [-0.05, 0) is 56.7 Å². The molecule has 0 saturated heterocycles. The van der Waals surface area contributed by atoms with E-state index in [2.05, 4.69) is 24.3 Å². The number of ether oxygens (including phenoxy) is 1. The van der Waals surface area contributed by atoms with E-state index in [0.29, 0.717) is 0 Å². The fourth-order valence-electron chi connectivity index (χ4n) is 1.85. The Bertz CT molecular complexity index is 377. The highest BCUT2D eigenvalue weighted by Crippen LogP contribution is 2.16. The maximum atomic E-state index is 9.86. The second kappa shape index (κ2) is 8.00. The Balaban J connectivity index is 2.22. The molecule has 0 aromatic heterocycles. The minimum Gasteiger partial charge on any atom is -0.497 e. The Hall–Kier alpha value is -1.28. The van der Waals surface area contributed by atoms with Gasteiger partial charge in [0.25, 0.3) is 0 Å². The molecule has 2 nitrogen and oxygen atoms in total. The standard InChI is InChI=1S/C17H26O2/c1-4-17(2,18)14-8-6-5-7-9-15-10-12-16(19-3)13-11-15/h5-6,10-13,18H,4,7-9,14H2,1-3H3/b6-5+. The van der Waals surface area contributed by atoms with Crippen LogP contribution in [-0.4, -0.2) is 17.8 Å². The summed E-state index contributed by atoms with van der Waals surface area (Å²) in [5.74, 6) is 0.904. The zero-order valence-electron chi connectivity index (χ0n) is 12.4. The lowest BCUT2D eigenvalue weighted by molar-refractivity contribution is 0.0480. The minimum absolute atomic E-state index is 0.514. The van der Waals surface area contributed by atoms with Crippen molar-refractivity contribution < 1.29 is 9.84 Å². The Kier molecular flexibility index (Phi) is 6.65. The van der Waals surface area contributed by atoms with Gasteiger partial charge in [-0.1, -0.05) is 31.2 Å². The van der Waals surface area contributed by atoms with Crippen LogP contribution in [0.1, 0.15) is 45.1 Å². The van der Waals surface area contributed by atoms with Crippen LogP contribution in [0.2, 0.25) is 0 Å². The van der Waals surface area contributed by atoms with E-state index >= 15 is 0 Å². The van der Waals surface area contributed by atoms with Crippen molar-refractivity contribution in [2.45, 2.75) is 51.6 Å². The monoisotopic (exact) mass is 262 g/mol. The van der Waals surface area contributed by atoms with Crippen molar-refractivity contribution in [3.05, 3.63) is 42.0 Å². The maximum absolute atomic E-state index is 9.86. The molecule has 1 N–H and O–H groups in total. The molecule has 0 amide bonds. The molecule has 19 heavy (non-hydrogen) atoms. The molecule has 0 aliphatic rings. The zero-order valence-corrected chi connectivity index (χ0v) is 12.4. The molecule has 1 aromatic rings. The Labute approximate surface area is 117 Å². The molecule has 0 fully saturated rings. The van der Waals surface area contributed by atoms with Crippen molar-refractivity contribution in [2.24, 2.45) is 0 Å². The van der Waals surface area contributed by atoms with Gasteiger partial charge in [-0.2, -0.15) is 0 Å². The van der Waals surface area contributed by atoms with Gasteiger partial charge in [-0.25, -0.2) is 0 Å². The molecule has 1 aromatic carbocycles. The predicted octanol–water partition coefficient (Wildman–Crippen LogP) is 4.13. The average Bonchev–Trinajstić information content (AvgIpc) is 2.43. The van der Waals surface area contributed by atoms with Crippen LogP contribution in [0.4, 0.5) is 0 Å². The first kappa shape index (κ1) is 15.8. The van der Waals surface area contributed by atoms with Crippen LogP contribution < -0.4 is 4.74 Å². The quantitative estimate of drug-likeness (QED) is 0.714. The number of rotatable bonds is 8. The molecule has 0 heterocycles. The highest BCUT2D eigenvalue weighted by atomic mass is 16.5. The fourth-order valence-corrected chi connectivity index (χ4v) is 1.85. The summed E-state index contributed by atoms with van der Waals surface area (Å²) >= 11 is 0. The van der Waals surface area contributed by atoms with Crippen LogP contribution >= 0.6 is 0 Å². The molecule has 0 aliphatic heterocycles. The molecule has 1 rings (SSSR count). The second-order valence-corrected chi connectivity index (χ2v) is 5.25. The number of methoxy groups -OCH3 is 1. The van der Waals surface area contributed by atoms with Gasteiger partial charge in [-0.3, -0.25) is 0 Å². The Morgan fingerprint density at radius 2 is 1.79 bits per heavy atom. The van der Waals surface area contributed by atoms with E-state index in [0.717, 1.165) is 37.9 Å².